The number of piperidine rings is 1. The predicted molar refractivity (Wildman–Crippen MR) is 92.7 cm³/mol. The van der Waals surface area contributed by atoms with Crippen LogP contribution in [0.4, 0.5) is 0 Å². The van der Waals surface area contributed by atoms with Crippen LogP contribution in [0.1, 0.15) is 23.3 Å². The van der Waals surface area contributed by atoms with Crippen LogP contribution < -0.4 is 5.32 Å². The van der Waals surface area contributed by atoms with Crippen molar-refractivity contribution in [2.24, 2.45) is 0 Å². The fourth-order valence-electron chi connectivity index (χ4n) is 2.67. The van der Waals surface area contributed by atoms with Gasteiger partial charge in [0.15, 0.2) is 0 Å². The number of halogens is 1. The highest BCUT2D eigenvalue weighted by Crippen LogP contribution is 2.22. The van der Waals surface area contributed by atoms with Gasteiger partial charge < -0.3 is 5.32 Å². The maximum Gasteiger partial charge on any atom is 0.271 e. The summed E-state index contributed by atoms with van der Waals surface area (Å²) in [6.07, 6.45) is 5.43. The molecule has 1 aromatic carbocycles. The van der Waals surface area contributed by atoms with Crippen LogP contribution in [-0.2, 0) is 10.0 Å². The Hall–Kier alpha value is -2.03. The Morgan fingerprint density at radius 1 is 1.16 bits per heavy atom. The number of benzene rings is 1. The lowest BCUT2D eigenvalue weighted by Gasteiger charge is -2.31. The number of nitrogens with zero attached hydrogens (tertiary/aromatic N) is 3. The zero-order valence-electron chi connectivity index (χ0n) is 13.3. The molecule has 1 aliphatic rings. The van der Waals surface area contributed by atoms with E-state index in [-0.39, 0.29) is 22.5 Å². The van der Waals surface area contributed by atoms with E-state index in [9.17, 15) is 13.2 Å². The number of nitrogens with one attached hydrogen (secondary N) is 1. The summed E-state index contributed by atoms with van der Waals surface area (Å²) in [5, 5.41) is 3.36. The van der Waals surface area contributed by atoms with Gasteiger partial charge in [-0.1, -0.05) is 11.6 Å². The van der Waals surface area contributed by atoms with Gasteiger partial charge in [-0.05, 0) is 37.1 Å². The first-order valence-corrected chi connectivity index (χ1v) is 9.61. The molecule has 1 N–H and O–H groups in total. The van der Waals surface area contributed by atoms with Crippen LogP contribution in [0.15, 0.2) is 47.8 Å². The van der Waals surface area contributed by atoms with Crippen molar-refractivity contribution in [1.29, 1.82) is 0 Å². The molecule has 1 amide bonds. The molecule has 25 heavy (non-hydrogen) atoms. The lowest BCUT2D eigenvalue weighted by Crippen LogP contribution is -2.46. The summed E-state index contributed by atoms with van der Waals surface area (Å²) in [6.45, 7) is 0.687. The van der Waals surface area contributed by atoms with Gasteiger partial charge in [-0.3, -0.25) is 9.78 Å². The molecular formula is C16H17ClN4O3S. The molecule has 0 radical (unpaired) electrons. The summed E-state index contributed by atoms with van der Waals surface area (Å²) in [4.78, 5) is 20.1. The molecule has 7 nitrogen and oxygen atoms in total. The lowest BCUT2D eigenvalue weighted by atomic mass is 10.1. The van der Waals surface area contributed by atoms with E-state index in [1.807, 2.05) is 0 Å². The van der Waals surface area contributed by atoms with Crippen molar-refractivity contribution in [1.82, 2.24) is 19.6 Å². The molecule has 1 aromatic heterocycles. The van der Waals surface area contributed by atoms with Gasteiger partial charge in [-0.25, -0.2) is 13.4 Å². The standard InChI is InChI=1S/C16H17ClN4O3S/c17-12-1-3-14(4-2-12)25(23,24)21-9-5-13(6-10-21)20-16(22)15-11-18-7-8-19-15/h1-4,7-8,11,13H,5-6,9-10H2,(H,20,22). The molecule has 0 spiro atoms. The Kier molecular flexibility index (Phi) is 5.31. The van der Waals surface area contributed by atoms with Gasteiger partial charge in [0.05, 0.1) is 11.1 Å². The third kappa shape index (κ3) is 4.15. The minimum absolute atomic E-state index is 0.0915. The second-order valence-electron chi connectivity index (χ2n) is 5.70. The van der Waals surface area contributed by atoms with Gasteiger partial charge in [0.25, 0.3) is 5.91 Å². The normalized spacial score (nSPS) is 16.5. The van der Waals surface area contributed by atoms with Crippen LogP contribution in [0.5, 0.6) is 0 Å². The Labute approximate surface area is 151 Å². The van der Waals surface area contributed by atoms with Gasteiger partial charge in [-0.2, -0.15) is 4.31 Å². The highest BCUT2D eigenvalue weighted by molar-refractivity contribution is 7.89. The van der Waals surface area contributed by atoms with Crippen LogP contribution in [0, 0.1) is 0 Å². The van der Waals surface area contributed by atoms with E-state index in [1.54, 1.807) is 12.1 Å². The average molecular weight is 381 g/mol. The largest absolute Gasteiger partial charge is 0.348 e. The second-order valence-corrected chi connectivity index (χ2v) is 8.07. The molecule has 1 saturated heterocycles. The van der Waals surface area contributed by atoms with Gasteiger partial charge in [0.2, 0.25) is 10.0 Å². The zero-order valence-corrected chi connectivity index (χ0v) is 14.9. The maximum atomic E-state index is 12.6. The maximum absolute atomic E-state index is 12.6. The fourth-order valence-corrected chi connectivity index (χ4v) is 4.27. The molecule has 3 rings (SSSR count). The van der Waals surface area contributed by atoms with Gasteiger partial charge in [0.1, 0.15) is 5.69 Å². The molecule has 0 atom stereocenters. The number of carbonyl (C=O) groups excluding carboxylic acids is 1. The Morgan fingerprint density at radius 3 is 2.44 bits per heavy atom. The molecule has 2 heterocycles. The average Bonchev–Trinajstić information content (AvgIpc) is 2.63. The van der Waals surface area contributed by atoms with E-state index < -0.39 is 10.0 Å². The quantitative estimate of drug-likeness (QED) is 0.871. The number of hydrogen-bond donors (Lipinski definition) is 1. The topological polar surface area (TPSA) is 92.3 Å². The summed E-state index contributed by atoms with van der Waals surface area (Å²) in [7, 11) is -3.54. The molecule has 9 heteroatoms. The third-order valence-electron chi connectivity index (χ3n) is 4.04. The summed E-state index contributed by atoms with van der Waals surface area (Å²) in [5.41, 5.74) is 0.249. The monoisotopic (exact) mass is 380 g/mol. The first kappa shape index (κ1) is 17.8. The van der Waals surface area contributed by atoms with E-state index in [4.69, 9.17) is 11.6 Å². The Bertz CT molecular complexity index is 835. The van der Waals surface area contributed by atoms with Crippen LogP contribution in [0.25, 0.3) is 0 Å². The van der Waals surface area contributed by atoms with Gasteiger partial charge >= 0.3 is 0 Å². The number of hydrogen-bond acceptors (Lipinski definition) is 5. The molecule has 0 saturated carbocycles. The molecule has 0 aliphatic carbocycles. The minimum atomic E-state index is -3.54. The van der Waals surface area contributed by atoms with E-state index in [0.717, 1.165) is 0 Å². The van der Waals surface area contributed by atoms with Crippen LogP contribution in [-0.4, -0.2) is 47.7 Å². The van der Waals surface area contributed by atoms with E-state index in [1.165, 1.54) is 35.0 Å². The van der Waals surface area contributed by atoms with Crippen LogP contribution in [0.2, 0.25) is 5.02 Å². The lowest BCUT2D eigenvalue weighted by molar-refractivity contribution is 0.0918. The molecule has 132 valence electrons. The molecule has 0 bridgehead atoms. The van der Waals surface area contributed by atoms with E-state index >= 15 is 0 Å². The number of rotatable bonds is 4. The summed E-state index contributed by atoms with van der Waals surface area (Å²) in [6, 6.07) is 6.02. The van der Waals surface area contributed by atoms with Crippen molar-refractivity contribution >= 4 is 27.5 Å². The number of sulfonamides is 1. The summed E-state index contributed by atoms with van der Waals surface area (Å²) >= 11 is 5.81. The summed E-state index contributed by atoms with van der Waals surface area (Å²) in [5.74, 6) is -0.299. The molecule has 0 unspecified atom stereocenters. The number of amides is 1. The SMILES string of the molecule is O=C(NC1CCN(S(=O)(=O)c2ccc(Cl)cc2)CC1)c1cnccn1. The summed E-state index contributed by atoms with van der Waals surface area (Å²) < 4.78 is 26.7. The fraction of sp³-hybridized carbons (Fsp3) is 0.312. The first-order chi connectivity index (χ1) is 12.0. The number of aromatic nitrogens is 2. The van der Waals surface area contributed by atoms with Gasteiger partial charge in [0, 0.05) is 36.5 Å². The molecular weight excluding hydrogens is 364 g/mol. The van der Waals surface area contributed by atoms with Crippen molar-refractivity contribution in [3.05, 3.63) is 53.6 Å². The highest BCUT2D eigenvalue weighted by Gasteiger charge is 2.30. The Morgan fingerprint density at radius 2 is 1.84 bits per heavy atom. The molecule has 2 aromatic rings. The number of carbonyl (C=O) groups is 1. The smallest absolute Gasteiger partial charge is 0.271 e. The molecule has 1 aliphatic heterocycles. The van der Waals surface area contributed by atoms with Crippen molar-refractivity contribution in [2.75, 3.05) is 13.1 Å². The second kappa shape index (κ2) is 7.47. The Balaban J connectivity index is 1.60. The van der Waals surface area contributed by atoms with Gasteiger partial charge in [-0.15, -0.1) is 0 Å². The third-order valence-corrected chi connectivity index (χ3v) is 6.20. The van der Waals surface area contributed by atoms with Crippen molar-refractivity contribution in [3.8, 4) is 0 Å². The van der Waals surface area contributed by atoms with E-state index in [0.29, 0.717) is 31.0 Å². The minimum Gasteiger partial charge on any atom is -0.348 e. The highest BCUT2D eigenvalue weighted by atomic mass is 35.5. The van der Waals surface area contributed by atoms with E-state index in [2.05, 4.69) is 15.3 Å². The van der Waals surface area contributed by atoms with Crippen LogP contribution in [0.3, 0.4) is 0 Å². The van der Waals surface area contributed by atoms with Crippen molar-refractivity contribution in [2.45, 2.75) is 23.8 Å². The molecule has 1 fully saturated rings. The zero-order chi connectivity index (χ0) is 17.9. The van der Waals surface area contributed by atoms with Crippen molar-refractivity contribution in [3.63, 3.8) is 0 Å². The van der Waals surface area contributed by atoms with Crippen molar-refractivity contribution < 1.29 is 13.2 Å². The first-order valence-electron chi connectivity index (χ1n) is 7.79. The van der Waals surface area contributed by atoms with Crippen LogP contribution >= 0.6 is 11.6 Å². The predicted octanol–water partition coefficient (Wildman–Crippen LogP) is 1.71.